The number of hydrogen-bond acceptors (Lipinski definition) is 1. The summed E-state index contributed by atoms with van der Waals surface area (Å²) in [7, 11) is 0. The maximum atomic E-state index is 11.5. The first kappa shape index (κ1) is 15.1. The van der Waals surface area contributed by atoms with Crippen molar-refractivity contribution in [1.29, 1.82) is 0 Å². The highest BCUT2D eigenvalue weighted by atomic mass is 16.4. The molecule has 1 aromatic rings. The van der Waals surface area contributed by atoms with E-state index in [1.54, 1.807) is 6.07 Å². The van der Waals surface area contributed by atoms with Crippen molar-refractivity contribution < 1.29 is 9.90 Å². The number of carboxylic acids is 1. The Hall–Kier alpha value is -1.31. The molecular weight excluding hydrogens is 248 g/mol. The van der Waals surface area contributed by atoms with Gasteiger partial charge in [-0.3, -0.25) is 0 Å². The highest BCUT2D eigenvalue weighted by molar-refractivity contribution is 5.89. The Labute approximate surface area is 122 Å². The molecule has 0 bridgehead atoms. The van der Waals surface area contributed by atoms with Gasteiger partial charge >= 0.3 is 5.97 Å². The Bertz CT molecular complexity index is 444. The van der Waals surface area contributed by atoms with Gasteiger partial charge in [0.05, 0.1) is 5.56 Å². The molecular formula is C18H26O2. The summed E-state index contributed by atoms with van der Waals surface area (Å²) in [6, 6.07) is 7.67. The van der Waals surface area contributed by atoms with Gasteiger partial charge < -0.3 is 5.11 Å². The zero-order valence-electron chi connectivity index (χ0n) is 12.5. The van der Waals surface area contributed by atoms with E-state index in [1.165, 1.54) is 38.5 Å². The van der Waals surface area contributed by atoms with Crippen LogP contribution in [0.4, 0.5) is 0 Å². The SMILES string of the molecule is CCCCCC1(c2ccccc2C(=O)O)CCCCC1. The van der Waals surface area contributed by atoms with Crippen molar-refractivity contribution in [3.63, 3.8) is 0 Å². The maximum Gasteiger partial charge on any atom is 0.335 e. The normalized spacial score (nSPS) is 17.9. The van der Waals surface area contributed by atoms with Gasteiger partial charge in [0, 0.05) is 0 Å². The Balaban J connectivity index is 2.33. The zero-order valence-corrected chi connectivity index (χ0v) is 12.5. The summed E-state index contributed by atoms with van der Waals surface area (Å²) in [5.74, 6) is -0.777. The van der Waals surface area contributed by atoms with Crippen LogP contribution in [0.3, 0.4) is 0 Å². The average molecular weight is 274 g/mol. The topological polar surface area (TPSA) is 37.3 Å². The monoisotopic (exact) mass is 274 g/mol. The molecule has 0 heterocycles. The maximum absolute atomic E-state index is 11.5. The molecule has 1 aliphatic rings. The first-order chi connectivity index (χ1) is 9.69. The fourth-order valence-corrected chi connectivity index (χ4v) is 3.73. The number of hydrogen-bond donors (Lipinski definition) is 1. The predicted molar refractivity (Wildman–Crippen MR) is 82.3 cm³/mol. The van der Waals surface area contributed by atoms with Gasteiger partial charge in [-0.1, -0.05) is 63.6 Å². The van der Waals surface area contributed by atoms with Crippen LogP contribution in [0.1, 0.15) is 80.6 Å². The molecule has 0 saturated heterocycles. The molecule has 20 heavy (non-hydrogen) atoms. The van der Waals surface area contributed by atoms with Crippen LogP contribution in [0.5, 0.6) is 0 Å². The summed E-state index contributed by atoms with van der Waals surface area (Å²) in [6.45, 7) is 2.22. The van der Waals surface area contributed by atoms with Gasteiger partial charge in [0.25, 0.3) is 0 Å². The lowest BCUT2D eigenvalue weighted by Gasteiger charge is -2.39. The number of carbonyl (C=O) groups is 1. The molecule has 2 rings (SSSR count). The first-order valence-corrected chi connectivity index (χ1v) is 8.02. The minimum Gasteiger partial charge on any atom is -0.478 e. The van der Waals surface area contributed by atoms with Gasteiger partial charge in [-0.05, 0) is 36.3 Å². The second-order valence-corrected chi connectivity index (χ2v) is 6.15. The van der Waals surface area contributed by atoms with Crippen LogP contribution in [0.2, 0.25) is 0 Å². The first-order valence-electron chi connectivity index (χ1n) is 8.02. The molecule has 0 amide bonds. The van der Waals surface area contributed by atoms with Gasteiger partial charge in [-0.15, -0.1) is 0 Å². The van der Waals surface area contributed by atoms with E-state index in [9.17, 15) is 9.90 Å². The third kappa shape index (κ3) is 3.23. The minimum atomic E-state index is -0.777. The standard InChI is InChI=1S/C18H26O2/c1-2-3-7-12-18(13-8-4-9-14-18)16-11-6-5-10-15(16)17(19)20/h5-6,10-11H,2-4,7-9,12-14H2,1H3,(H,19,20). The van der Waals surface area contributed by atoms with Gasteiger partial charge in [0.1, 0.15) is 0 Å². The van der Waals surface area contributed by atoms with Gasteiger partial charge in [-0.2, -0.15) is 0 Å². The van der Waals surface area contributed by atoms with Crippen molar-refractivity contribution in [3.05, 3.63) is 35.4 Å². The summed E-state index contributed by atoms with van der Waals surface area (Å²) >= 11 is 0. The van der Waals surface area contributed by atoms with Crippen LogP contribution in [-0.4, -0.2) is 11.1 Å². The molecule has 0 aliphatic heterocycles. The van der Waals surface area contributed by atoms with E-state index in [2.05, 4.69) is 13.0 Å². The molecule has 0 spiro atoms. The van der Waals surface area contributed by atoms with Crippen LogP contribution >= 0.6 is 0 Å². The van der Waals surface area contributed by atoms with Crippen LogP contribution in [0.15, 0.2) is 24.3 Å². The fraction of sp³-hybridized carbons (Fsp3) is 0.611. The lowest BCUT2D eigenvalue weighted by molar-refractivity contribution is 0.0692. The van der Waals surface area contributed by atoms with Crippen LogP contribution in [0, 0.1) is 0 Å². The summed E-state index contributed by atoms with van der Waals surface area (Å²) < 4.78 is 0. The molecule has 1 N–H and O–H groups in total. The smallest absolute Gasteiger partial charge is 0.335 e. The molecule has 1 aliphatic carbocycles. The van der Waals surface area contributed by atoms with Gasteiger partial charge in [-0.25, -0.2) is 4.79 Å². The predicted octanol–water partition coefficient (Wildman–Crippen LogP) is 5.17. The second-order valence-electron chi connectivity index (χ2n) is 6.15. The van der Waals surface area contributed by atoms with E-state index >= 15 is 0 Å². The van der Waals surface area contributed by atoms with Crippen molar-refractivity contribution in [2.24, 2.45) is 0 Å². The lowest BCUT2D eigenvalue weighted by Crippen LogP contribution is -2.31. The Morgan fingerprint density at radius 1 is 1.15 bits per heavy atom. The Morgan fingerprint density at radius 3 is 2.50 bits per heavy atom. The van der Waals surface area contributed by atoms with Crippen molar-refractivity contribution in [3.8, 4) is 0 Å². The highest BCUT2D eigenvalue weighted by Crippen LogP contribution is 2.44. The largest absolute Gasteiger partial charge is 0.478 e. The van der Waals surface area contributed by atoms with Crippen molar-refractivity contribution in [1.82, 2.24) is 0 Å². The molecule has 0 atom stereocenters. The van der Waals surface area contributed by atoms with Gasteiger partial charge in [0.2, 0.25) is 0 Å². The summed E-state index contributed by atoms with van der Waals surface area (Å²) in [6.07, 6.45) is 10.9. The number of benzene rings is 1. The van der Waals surface area contributed by atoms with E-state index in [0.717, 1.165) is 24.8 Å². The van der Waals surface area contributed by atoms with Crippen molar-refractivity contribution in [2.45, 2.75) is 70.1 Å². The Morgan fingerprint density at radius 2 is 1.85 bits per heavy atom. The van der Waals surface area contributed by atoms with Crippen molar-refractivity contribution in [2.75, 3.05) is 0 Å². The minimum absolute atomic E-state index is 0.113. The van der Waals surface area contributed by atoms with Crippen molar-refractivity contribution >= 4 is 5.97 Å². The van der Waals surface area contributed by atoms with E-state index < -0.39 is 5.97 Å². The summed E-state index contributed by atoms with van der Waals surface area (Å²) in [4.78, 5) is 11.5. The van der Waals surface area contributed by atoms with E-state index in [-0.39, 0.29) is 5.41 Å². The number of aromatic carboxylic acids is 1. The third-order valence-corrected chi connectivity index (χ3v) is 4.80. The second kappa shape index (κ2) is 6.92. The molecule has 1 fully saturated rings. The molecule has 0 unspecified atom stereocenters. The highest BCUT2D eigenvalue weighted by Gasteiger charge is 2.35. The third-order valence-electron chi connectivity index (χ3n) is 4.80. The van der Waals surface area contributed by atoms with Gasteiger partial charge in [0.15, 0.2) is 0 Å². The number of carboxylic acid groups (broad SMARTS) is 1. The van der Waals surface area contributed by atoms with E-state index in [1.807, 2.05) is 12.1 Å². The molecule has 2 heteroatoms. The molecule has 2 nitrogen and oxygen atoms in total. The van der Waals surface area contributed by atoms with E-state index in [4.69, 9.17) is 0 Å². The molecule has 1 aromatic carbocycles. The van der Waals surface area contributed by atoms with Crippen LogP contribution < -0.4 is 0 Å². The van der Waals surface area contributed by atoms with Crippen LogP contribution in [0.25, 0.3) is 0 Å². The van der Waals surface area contributed by atoms with E-state index in [0.29, 0.717) is 5.56 Å². The summed E-state index contributed by atoms with van der Waals surface area (Å²) in [5, 5.41) is 9.48. The number of rotatable bonds is 6. The van der Waals surface area contributed by atoms with Crippen LogP contribution in [-0.2, 0) is 5.41 Å². The average Bonchev–Trinajstić information content (AvgIpc) is 2.48. The molecule has 110 valence electrons. The Kier molecular flexibility index (Phi) is 5.22. The molecule has 0 aromatic heterocycles. The zero-order chi connectivity index (χ0) is 14.4. The molecule has 1 saturated carbocycles. The quantitative estimate of drug-likeness (QED) is 0.727. The fourth-order valence-electron chi connectivity index (χ4n) is 3.73. The summed E-state index contributed by atoms with van der Waals surface area (Å²) in [5.41, 5.74) is 1.72. The lowest BCUT2D eigenvalue weighted by atomic mass is 9.65. The molecule has 0 radical (unpaired) electrons. The number of unbranched alkanes of at least 4 members (excludes halogenated alkanes) is 2.